The minimum absolute atomic E-state index is 0.137. The summed E-state index contributed by atoms with van der Waals surface area (Å²) in [4.78, 5) is 4.39. The first kappa shape index (κ1) is 25.1. The summed E-state index contributed by atoms with van der Waals surface area (Å²) < 4.78 is 0. The number of fused-ring (bicyclic) bond motifs is 3. The average Bonchev–Trinajstić information content (AvgIpc) is 3.26. The first-order valence-electron chi connectivity index (χ1n) is 13.3. The van der Waals surface area contributed by atoms with Crippen LogP contribution in [0.3, 0.4) is 0 Å². The van der Waals surface area contributed by atoms with Gasteiger partial charge in [-0.15, -0.1) is 0 Å². The van der Waals surface area contributed by atoms with Crippen molar-refractivity contribution in [3.8, 4) is 11.1 Å². The lowest BCUT2D eigenvalue weighted by molar-refractivity contribution is 0.302. The Labute approximate surface area is 220 Å². The molecule has 1 aliphatic rings. The van der Waals surface area contributed by atoms with Gasteiger partial charge in [-0.2, -0.15) is 0 Å². The number of nitrogens with zero attached hydrogens (tertiary/aromatic N) is 2. The standard InChI is InChI=1S/C33H36N2O2/c1-3-34(21-23-36)27-17-13-25(14-18-27)33(26-15-19-28(20-16-26)35(4-2)22-24-37)31-11-7-5-9-29(31)30-10-6-8-12-32(30)33/h5-20,36-37H,3-4,21-24H2,1-2H3. The molecule has 0 atom stereocenters. The second kappa shape index (κ2) is 10.8. The maximum Gasteiger partial charge on any atom is 0.0713 e. The van der Waals surface area contributed by atoms with Crippen molar-refractivity contribution in [1.29, 1.82) is 0 Å². The smallest absolute Gasteiger partial charge is 0.0713 e. The third-order valence-corrected chi connectivity index (χ3v) is 7.79. The SMILES string of the molecule is CCN(CCO)c1ccc(C2(c3ccc(N(CC)CCO)cc3)c3ccccc3-c3ccccc32)cc1. The Bertz CT molecular complexity index is 1230. The highest BCUT2D eigenvalue weighted by Gasteiger charge is 2.45. The van der Waals surface area contributed by atoms with Crippen molar-refractivity contribution in [3.05, 3.63) is 119 Å². The lowest BCUT2D eigenvalue weighted by Gasteiger charge is -2.35. The molecule has 4 nitrogen and oxygen atoms in total. The van der Waals surface area contributed by atoms with Crippen LogP contribution in [0.2, 0.25) is 0 Å². The summed E-state index contributed by atoms with van der Waals surface area (Å²) in [5.41, 5.74) is 9.39. The molecule has 0 bridgehead atoms. The summed E-state index contributed by atoms with van der Waals surface area (Å²) in [6, 6.07) is 35.3. The van der Waals surface area contributed by atoms with Crippen LogP contribution < -0.4 is 9.80 Å². The zero-order valence-corrected chi connectivity index (χ0v) is 21.8. The molecule has 4 aromatic carbocycles. The van der Waals surface area contributed by atoms with Crippen LogP contribution in [-0.2, 0) is 5.41 Å². The molecule has 0 heterocycles. The summed E-state index contributed by atoms with van der Waals surface area (Å²) >= 11 is 0. The van der Waals surface area contributed by atoms with Crippen LogP contribution in [0.15, 0.2) is 97.1 Å². The monoisotopic (exact) mass is 492 g/mol. The Kier molecular flexibility index (Phi) is 7.31. The van der Waals surface area contributed by atoms with E-state index >= 15 is 0 Å². The van der Waals surface area contributed by atoms with Crippen LogP contribution in [0.4, 0.5) is 11.4 Å². The molecule has 0 aromatic heterocycles. The molecule has 0 aliphatic heterocycles. The van der Waals surface area contributed by atoms with Crippen LogP contribution in [0, 0.1) is 0 Å². The first-order valence-corrected chi connectivity index (χ1v) is 13.3. The van der Waals surface area contributed by atoms with Crippen LogP contribution in [0.5, 0.6) is 0 Å². The van der Waals surface area contributed by atoms with Crippen LogP contribution >= 0.6 is 0 Å². The molecule has 4 aromatic rings. The molecule has 0 amide bonds. The number of anilines is 2. The highest BCUT2D eigenvalue weighted by molar-refractivity contribution is 5.86. The maximum atomic E-state index is 9.52. The van der Waals surface area contributed by atoms with Crippen molar-refractivity contribution in [1.82, 2.24) is 0 Å². The van der Waals surface area contributed by atoms with Gasteiger partial charge in [-0.05, 0) is 71.5 Å². The number of benzene rings is 4. The Hall–Kier alpha value is -3.60. The quantitative estimate of drug-likeness (QED) is 0.263. The maximum absolute atomic E-state index is 9.52. The third-order valence-electron chi connectivity index (χ3n) is 7.79. The molecule has 2 N–H and O–H groups in total. The van der Waals surface area contributed by atoms with Gasteiger partial charge in [0, 0.05) is 37.6 Å². The van der Waals surface area contributed by atoms with Gasteiger partial charge in [0.15, 0.2) is 0 Å². The minimum atomic E-state index is -0.438. The fraction of sp³-hybridized carbons (Fsp3) is 0.273. The lowest BCUT2D eigenvalue weighted by atomic mass is 9.67. The summed E-state index contributed by atoms with van der Waals surface area (Å²) in [7, 11) is 0. The summed E-state index contributed by atoms with van der Waals surface area (Å²) in [5, 5.41) is 19.0. The van der Waals surface area contributed by atoms with Crippen molar-refractivity contribution in [3.63, 3.8) is 0 Å². The van der Waals surface area contributed by atoms with Gasteiger partial charge in [0.2, 0.25) is 0 Å². The fourth-order valence-corrected chi connectivity index (χ4v) is 6.05. The topological polar surface area (TPSA) is 46.9 Å². The van der Waals surface area contributed by atoms with Gasteiger partial charge in [-0.3, -0.25) is 0 Å². The zero-order chi connectivity index (χ0) is 25.8. The van der Waals surface area contributed by atoms with Gasteiger partial charge in [0.25, 0.3) is 0 Å². The number of hydrogen-bond acceptors (Lipinski definition) is 4. The Morgan fingerprint density at radius 1 is 0.541 bits per heavy atom. The minimum Gasteiger partial charge on any atom is -0.395 e. The fourth-order valence-electron chi connectivity index (χ4n) is 6.05. The highest BCUT2D eigenvalue weighted by Crippen LogP contribution is 2.56. The lowest BCUT2D eigenvalue weighted by Crippen LogP contribution is -2.30. The van der Waals surface area contributed by atoms with Crippen LogP contribution in [0.25, 0.3) is 11.1 Å². The van der Waals surface area contributed by atoms with Crippen LogP contribution in [-0.4, -0.2) is 49.6 Å². The summed E-state index contributed by atoms with van der Waals surface area (Å²) in [5.74, 6) is 0. The predicted molar refractivity (Wildman–Crippen MR) is 154 cm³/mol. The number of hydrogen-bond donors (Lipinski definition) is 2. The van der Waals surface area contributed by atoms with E-state index < -0.39 is 5.41 Å². The van der Waals surface area contributed by atoms with Crippen molar-refractivity contribution in [2.75, 3.05) is 49.2 Å². The van der Waals surface area contributed by atoms with Gasteiger partial charge in [-0.25, -0.2) is 0 Å². The van der Waals surface area contributed by atoms with E-state index in [1.807, 2.05) is 0 Å². The number of aliphatic hydroxyl groups is 2. The molecule has 37 heavy (non-hydrogen) atoms. The van der Waals surface area contributed by atoms with Crippen LogP contribution in [0.1, 0.15) is 36.1 Å². The van der Waals surface area contributed by atoms with E-state index in [0.717, 1.165) is 24.5 Å². The molecule has 0 unspecified atom stereocenters. The van der Waals surface area contributed by atoms with E-state index in [2.05, 4.69) is 121 Å². The Balaban J connectivity index is 1.72. The first-order chi connectivity index (χ1) is 18.2. The summed E-state index contributed by atoms with van der Waals surface area (Å²) in [6.07, 6.45) is 0. The molecule has 0 fully saturated rings. The van der Waals surface area contributed by atoms with E-state index in [-0.39, 0.29) is 13.2 Å². The van der Waals surface area contributed by atoms with Crippen molar-refractivity contribution in [2.45, 2.75) is 19.3 Å². The number of rotatable bonds is 10. The van der Waals surface area contributed by atoms with E-state index in [4.69, 9.17) is 0 Å². The van der Waals surface area contributed by atoms with Gasteiger partial charge in [0.05, 0.1) is 18.6 Å². The molecule has 5 rings (SSSR count). The van der Waals surface area contributed by atoms with Crippen molar-refractivity contribution in [2.24, 2.45) is 0 Å². The van der Waals surface area contributed by atoms with Gasteiger partial charge in [0.1, 0.15) is 0 Å². The van der Waals surface area contributed by atoms with Crippen molar-refractivity contribution >= 4 is 11.4 Å². The molecule has 4 heteroatoms. The van der Waals surface area contributed by atoms with Gasteiger partial charge >= 0.3 is 0 Å². The summed E-state index contributed by atoms with van der Waals surface area (Å²) in [6.45, 7) is 7.44. The van der Waals surface area contributed by atoms with Crippen molar-refractivity contribution < 1.29 is 10.2 Å². The molecule has 0 radical (unpaired) electrons. The number of likely N-dealkylation sites (N-methyl/N-ethyl adjacent to an activating group) is 2. The van der Waals surface area contributed by atoms with Gasteiger partial charge < -0.3 is 20.0 Å². The molecule has 0 saturated heterocycles. The molecule has 0 saturated carbocycles. The second-order valence-corrected chi connectivity index (χ2v) is 9.54. The number of aliphatic hydroxyl groups excluding tert-OH is 2. The zero-order valence-electron chi connectivity index (χ0n) is 21.8. The predicted octanol–water partition coefficient (Wildman–Crippen LogP) is 5.69. The second-order valence-electron chi connectivity index (χ2n) is 9.54. The Morgan fingerprint density at radius 2 is 0.919 bits per heavy atom. The van der Waals surface area contributed by atoms with E-state index in [0.29, 0.717) is 13.1 Å². The molecule has 0 spiro atoms. The average molecular weight is 493 g/mol. The normalized spacial score (nSPS) is 13.2. The Morgan fingerprint density at radius 3 is 1.27 bits per heavy atom. The van der Waals surface area contributed by atoms with E-state index in [1.165, 1.54) is 33.4 Å². The largest absolute Gasteiger partial charge is 0.395 e. The highest BCUT2D eigenvalue weighted by atomic mass is 16.3. The van der Waals surface area contributed by atoms with Gasteiger partial charge in [-0.1, -0.05) is 72.8 Å². The van der Waals surface area contributed by atoms with E-state index in [1.54, 1.807) is 0 Å². The van der Waals surface area contributed by atoms with E-state index in [9.17, 15) is 10.2 Å². The third kappa shape index (κ3) is 4.20. The molecular formula is C33H36N2O2. The molecule has 1 aliphatic carbocycles. The molecular weight excluding hydrogens is 456 g/mol. The molecule has 190 valence electrons.